The molecule has 4 rings (SSSR count). The van der Waals surface area contributed by atoms with Gasteiger partial charge in [-0.2, -0.15) is 0 Å². The van der Waals surface area contributed by atoms with Crippen LogP contribution in [0.25, 0.3) is 33.2 Å². The van der Waals surface area contributed by atoms with E-state index >= 15 is 0 Å². The molecule has 0 amide bonds. The van der Waals surface area contributed by atoms with E-state index in [2.05, 4.69) is 4.98 Å². The Bertz CT molecular complexity index is 1020. The summed E-state index contributed by atoms with van der Waals surface area (Å²) in [7, 11) is 0. The van der Waals surface area contributed by atoms with Crippen LogP contribution in [0.1, 0.15) is 5.69 Å². The lowest BCUT2D eigenvalue weighted by Crippen LogP contribution is -2.03. The lowest BCUT2D eigenvalue weighted by atomic mass is 10.1. The van der Waals surface area contributed by atoms with E-state index < -0.39 is 5.97 Å². The van der Waals surface area contributed by atoms with Crippen molar-refractivity contribution in [2.75, 3.05) is 0 Å². The summed E-state index contributed by atoms with van der Waals surface area (Å²) in [6, 6.07) is 19.2. The molecule has 2 aromatic carbocycles. The van der Waals surface area contributed by atoms with Crippen LogP contribution in [0.15, 0.2) is 65.1 Å². The van der Waals surface area contributed by atoms with E-state index in [1.807, 2.05) is 60.7 Å². The van der Waals surface area contributed by atoms with Gasteiger partial charge in [-0.25, -0.2) is 4.98 Å². The van der Waals surface area contributed by atoms with E-state index in [1.165, 1.54) is 0 Å². The zero-order valence-electron chi connectivity index (χ0n) is 12.2. The highest BCUT2D eigenvalue weighted by Gasteiger charge is 2.16. The van der Waals surface area contributed by atoms with Crippen molar-refractivity contribution < 1.29 is 14.3 Å². The van der Waals surface area contributed by atoms with Gasteiger partial charge in [-0.15, -0.1) is 0 Å². The average Bonchev–Trinajstić information content (AvgIpc) is 2.93. The normalized spacial score (nSPS) is 11.1. The first-order chi connectivity index (χ1) is 11.2. The number of carboxylic acids is 1. The van der Waals surface area contributed by atoms with Crippen molar-refractivity contribution in [3.05, 3.63) is 66.4 Å². The lowest BCUT2D eigenvalue weighted by Gasteiger charge is -2.05. The molecular formula is C19H13NO3. The van der Waals surface area contributed by atoms with Gasteiger partial charge in [0.15, 0.2) is 5.58 Å². The molecule has 0 unspecified atom stereocenters. The Balaban J connectivity index is 2.08. The second-order valence-corrected chi connectivity index (χ2v) is 5.37. The van der Waals surface area contributed by atoms with Crippen LogP contribution in [0.4, 0.5) is 0 Å². The Morgan fingerprint density at radius 2 is 1.74 bits per heavy atom. The molecule has 1 N–H and O–H groups in total. The Morgan fingerprint density at radius 1 is 1.00 bits per heavy atom. The highest BCUT2D eigenvalue weighted by atomic mass is 16.4. The maximum atomic E-state index is 11.1. The highest BCUT2D eigenvalue weighted by Crippen LogP contribution is 2.35. The molecule has 0 atom stereocenters. The molecule has 0 saturated heterocycles. The third kappa shape index (κ3) is 2.34. The molecule has 4 aromatic rings. The van der Waals surface area contributed by atoms with Crippen LogP contribution in [0.3, 0.4) is 0 Å². The molecule has 0 fully saturated rings. The molecule has 4 nitrogen and oxygen atoms in total. The fraction of sp³-hybridized carbons (Fsp3) is 0.0526. The first-order valence-electron chi connectivity index (χ1n) is 7.31. The first kappa shape index (κ1) is 13.5. The third-order valence-electron chi connectivity index (χ3n) is 3.79. The number of nitrogens with zero attached hydrogens (tertiary/aromatic N) is 1. The zero-order chi connectivity index (χ0) is 15.8. The van der Waals surface area contributed by atoms with E-state index in [-0.39, 0.29) is 6.42 Å². The number of hydrogen-bond donors (Lipinski definition) is 1. The van der Waals surface area contributed by atoms with Crippen molar-refractivity contribution in [3.8, 4) is 11.3 Å². The van der Waals surface area contributed by atoms with E-state index in [0.717, 1.165) is 21.9 Å². The topological polar surface area (TPSA) is 63.3 Å². The first-order valence-corrected chi connectivity index (χ1v) is 7.31. The second kappa shape index (κ2) is 5.25. The molecule has 0 aliphatic heterocycles. The fourth-order valence-corrected chi connectivity index (χ4v) is 2.82. The molecule has 2 aromatic heterocycles. The molecule has 112 valence electrons. The molecule has 0 aliphatic rings. The van der Waals surface area contributed by atoms with E-state index in [4.69, 9.17) is 9.52 Å². The molecule has 0 spiro atoms. The van der Waals surface area contributed by atoms with Crippen molar-refractivity contribution in [2.45, 2.75) is 6.42 Å². The number of para-hydroxylation sites is 1. The zero-order valence-corrected chi connectivity index (χ0v) is 12.2. The SMILES string of the molecule is O=C(O)Cc1cc2c(oc3ccccc32)c(-c2ccccc2)n1. The molecule has 0 radical (unpaired) electrons. The Kier molecular flexibility index (Phi) is 3.08. The molecule has 0 aliphatic carbocycles. The van der Waals surface area contributed by atoms with Crippen molar-refractivity contribution in [2.24, 2.45) is 0 Å². The summed E-state index contributed by atoms with van der Waals surface area (Å²) in [6.45, 7) is 0. The minimum absolute atomic E-state index is 0.116. The van der Waals surface area contributed by atoms with E-state index in [9.17, 15) is 4.79 Å². The summed E-state index contributed by atoms with van der Waals surface area (Å²) in [6.07, 6.45) is -0.116. The van der Waals surface area contributed by atoms with Crippen LogP contribution in [-0.4, -0.2) is 16.1 Å². The van der Waals surface area contributed by atoms with Crippen molar-refractivity contribution >= 4 is 27.9 Å². The summed E-state index contributed by atoms with van der Waals surface area (Å²) in [5.74, 6) is -0.899. The summed E-state index contributed by atoms with van der Waals surface area (Å²) in [5, 5.41) is 11.0. The fourth-order valence-electron chi connectivity index (χ4n) is 2.82. The number of pyridine rings is 1. The van der Waals surface area contributed by atoms with Crippen LogP contribution >= 0.6 is 0 Å². The van der Waals surface area contributed by atoms with Crippen LogP contribution in [0, 0.1) is 0 Å². The number of furan rings is 1. The summed E-state index contributed by atoms with van der Waals surface area (Å²) < 4.78 is 5.99. The molecule has 23 heavy (non-hydrogen) atoms. The monoisotopic (exact) mass is 303 g/mol. The number of fused-ring (bicyclic) bond motifs is 3. The lowest BCUT2D eigenvalue weighted by molar-refractivity contribution is -0.136. The molecular weight excluding hydrogens is 290 g/mol. The third-order valence-corrected chi connectivity index (χ3v) is 3.79. The molecule has 4 heteroatoms. The summed E-state index contributed by atoms with van der Waals surface area (Å²) in [5.41, 5.74) is 3.57. The minimum Gasteiger partial charge on any atom is -0.481 e. The molecule has 2 heterocycles. The smallest absolute Gasteiger partial charge is 0.309 e. The van der Waals surface area contributed by atoms with Crippen molar-refractivity contribution in [3.63, 3.8) is 0 Å². The maximum Gasteiger partial charge on any atom is 0.309 e. The standard InChI is InChI=1S/C19H13NO3/c21-17(22)11-13-10-15-14-8-4-5-9-16(14)23-19(15)18(20-13)12-6-2-1-3-7-12/h1-10H,11H2,(H,21,22). The van der Waals surface area contributed by atoms with Gasteiger partial charge in [-0.05, 0) is 12.1 Å². The van der Waals surface area contributed by atoms with Gasteiger partial charge < -0.3 is 9.52 Å². The Labute approximate surface area is 132 Å². The quantitative estimate of drug-likeness (QED) is 0.613. The predicted octanol–water partition coefficient (Wildman–Crippen LogP) is 4.28. The van der Waals surface area contributed by atoms with Crippen molar-refractivity contribution in [1.29, 1.82) is 0 Å². The predicted molar refractivity (Wildman–Crippen MR) is 88.3 cm³/mol. The van der Waals surface area contributed by atoms with Gasteiger partial charge in [-0.1, -0.05) is 48.5 Å². The van der Waals surface area contributed by atoms with Gasteiger partial charge in [0.25, 0.3) is 0 Å². The van der Waals surface area contributed by atoms with Crippen LogP contribution in [0.5, 0.6) is 0 Å². The van der Waals surface area contributed by atoms with E-state index in [1.54, 1.807) is 0 Å². The molecule has 0 bridgehead atoms. The maximum absolute atomic E-state index is 11.1. The molecule has 0 saturated carbocycles. The second-order valence-electron chi connectivity index (χ2n) is 5.37. The summed E-state index contributed by atoms with van der Waals surface area (Å²) >= 11 is 0. The van der Waals surface area contributed by atoms with Crippen LogP contribution in [0.2, 0.25) is 0 Å². The minimum atomic E-state index is -0.899. The highest BCUT2D eigenvalue weighted by molar-refractivity contribution is 6.09. The van der Waals surface area contributed by atoms with Crippen LogP contribution < -0.4 is 0 Å². The van der Waals surface area contributed by atoms with E-state index in [0.29, 0.717) is 17.0 Å². The van der Waals surface area contributed by atoms with Gasteiger partial charge in [0.1, 0.15) is 11.3 Å². The number of aliphatic carboxylic acids is 1. The van der Waals surface area contributed by atoms with Gasteiger partial charge in [0, 0.05) is 16.3 Å². The average molecular weight is 303 g/mol. The number of rotatable bonds is 3. The Morgan fingerprint density at radius 3 is 2.52 bits per heavy atom. The number of carboxylic acid groups (broad SMARTS) is 1. The van der Waals surface area contributed by atoms with Crippen molar-refractivity contribution in [1.82, 2.24) is 4.98 Å². The number of carbonyl (C=O) groups is 1. The number of hydrogen-bond acceptors (Lipinski definition) is 3. The largest absolute Gasteiger partial charge is 0.481 e. The van der Waals surface area contributed by atoms with Crippen LogP contribution in [-0.2, 0) is 11.2 Å². The van der Waals surface area contributed by atoms with Gasteiger partial charge >= 0.3 is 5.97 Å². The Hall–Kier alpha value is -3.14. The summed E-state index contributed by atoms with van der Waals surface area (Å²) in [4.78, 5) is 15.6. The van der Waals surface area contributed by atoms with Gasteiger partial charge in [0.2, 0.25) is 0 Å². The van der Waals surface area contributed by atoms with Gasteiger partial charge in [-0.3, -0.25) is 4.79 Å². The number of aromatic nitrogens is 1. The van der Waals surface area contributed by atoms with Gasteiger partial charge in [0.05, 0.1) is 12.1 Å². The number of benzene rings is 2.